The van der Waals surface area contributed by atoms with Gasteiger partial charge in [0.2, 0.25) is 5.91 Å². The Balaban J connectivity index is 1.81. The Bertz CT molecular complexity index is 668. The molecular formula is C19H25N3O3. The zero-order valence-electron chi connectivity index (χ0n) is 14.8. The van der Waals surface area contributed by atoms with Crippen molar-refractivity contribution in [2.75, 3.05) is 7.11 Å². The summed E-state index contributed by atoms with van der Waals surface area (Å²) < 4.78 is 5.02. The summed E-state index contributed by atoms with van der Waals surface area (Å²) in [6.07, 6.45) is 10.1. The summed E-state index contributed by atoms with van der Waals surface area (Å²) in [5.41, 5.74) is -0.694. The summed E-state index contributed by atoms with van der Waals surface area (Å²) in [4.78, 5) is 31.4. The number of amides is 2. The quantitative estimate of drug-likeness (QED) is 0.857. The minimum atomic E-state index is -1.06. The van der Waals surface area contributed by atoms with Crippen LogP contribution < -0.4 is 5.32 Å². The maximum absolute atomic E-state index is 13.0. The lowest BCUT2D eigenvalue weighted by Gasteiger charge is -2.45. The Morgan fingerprint density at radius 1 is 1.24 bits per heavy atom. The average Bonchev–Trinajstić information content (AvgIpc) is 2.94. The summed E-state index contributed by atoms with van der Waals surface area (Å²) in [7, 11) is 1.36. The molecule has 1 aromatic heterocycles. The lowest BCUT2D eigenvalue weighted by molar-refractivity contribution is -0.131. The van der Waals surface area contributed by atoms with E-state index in [1.807, 2.05) is 30.4 Å². The van der Waals surface area contributed by atoms with E-state index in [0.29, 0.717) is 6.54 Å². The SMILES string of the molecule is COC(=O)N1C2(C=CC1(C)C(=O)NCc1ccccn1)CCCCC2. The standard InChI is InChI=1S/C19H25N3O3/c1-18(16(23)21-14-15-8-4-7-13-20-15)11-12-19(9-5-3-6-10-19)22(18)17(24)25-2/h4,7-8,11-13H,3,5-6,9-10,14H2,1-2H3,(H,21,23). The van der Waals surface area contributed by atoms with Gasteiger partial charge in [0.1, 0.15) is 5.54 Å². The third-order valence-corrected chi connectivity index (χ3v) is 5.32. The van der Waals surface area contributed by atoms with E-state index in [0.717, 1.165) is 37.8 Å². The van der Waals surface area contributed by atoms with Gasteiger partial charge in [-0.15, -0.1) is 0 Å². The smallest absolute Gasteiger partial charge is 0.411 e. The van der Waals surface area contributed by atoms with Crippen molar-refractivity contribution in [3.63, 3.8) is 0 Å². The molecule has 0 radical (unpaired) electrons. The zero-order valence-corrected chi connectivity index (χ0v) is 14.8. The van der Waals surface area contributed by atoms with Crippen LogP contribution in [0.2, 0.25) is 0 Å². The number of hydrogen-bond donors (Lipinski definition) is 1. The summed E-state index contributed by atoms with van der Waals surface area (Å²) in [6, 6.07) is 5.56. The van der Waals surface area contributed by atoms with Crippen molar-refractivity contribution in [1.82, 2.24) is 15.2 Å². The predicted molar refractivity (Wildman–Crippen MR) is 93.7 cm³/mol. The van der Waals surface area contributed by atoms with Gasteiger partial charge in [0, 0.05) is 6.20 Å². The number of carbonyl (C=O) groups is 2. The molecule has 6 heteroatoms. The first-order valence-electron chi connectivity index (χ1n) is 8.79. The Kier molecular flexibility index (Phi) is 4.79. The molecule has 2 heterocycles. The highest BCUT2D eigenvalue weighted by Crippen LogP contribution is 2.44. The van der Waals surface area contributed by atoms with E-state index in [4.69, 9.17) is 4.74 Å². The lowest BCUT2D eigenvalue weighted by Crippen LogP contribution is -2.62. The number of methoxy groups -OCH3 is 1. The van der Waals surface area contributed by atoms with Gasteiger partial charge in [-0.25, -0.2) is 4.79 Å². The Labute approximate surface area is 148 Å². The number of pyridine rings is 1. The van der Waals surface area contributed by atoms with E-state index in [-0.39, 0.29) is 5.91 Å². The number of nitrogens with zero attached hydrogens (tertiary/aromatic N) is 2. The van der Waals surface area contributed by atoms with E-state index in [1.54, 1.807) is 18.0 Å². The molecule has 2 amide bonds. The number of rotatable bonds is 3. The molecule has 1 aliphatic carbocycles. The van der Waals surface area contributed by atoms with Crippen molar-refractivity contribution in [2.24, 2.45) is 0 Å². The molecule has 25 heavy (non-hydrogen) atoms. The number of carbonyl (C=O) groups excluding carboxylic acids is 2. The molecule has 1 atom stereocenters. The third-order valence-electron chi connectivity index (χ3n) is 5.32. The fraction of sp³-hybridized carbons (Fsp3) is 0.526. The monoisotopic (exact) mass is 343 g/mol. The van der Waals surface area contributed by atoms with Crippen LogP contribution in [0, 0.1) is 0 Å². The van der Waals surface area contributed by atoms with Gasteiger partial charge in [0.15, 0.2) is 0 Å². The van der Waals surface area contributed by atoms with Crippen molar-refractivity contribution >= 4 is 12.0 Å². The number of aromatic nitrogens is 1. The van der Waals surface area contributed by atoms with E-state index < -0.39 is 17.2 Å². The summed E-state index contributed by atoms with van der Waals surface area (Å²) in [6.45, 7) is 2.10. The Morgan fingerprint density at radius 3 is 2.64 bits per heavy atom. The first-order valence-corrected chi connectivity index (χ1v) is 8.79. The lowest BCUT2D eigenvalue weighted by atomic mass is 9.81. The average molecular weight is 343 g/mol. The molecule has 0 aromatic carbocycles. The molecule has 134 valence electrons. The first-order chi connectivity index (χ1) is 12.0. The molecule has 1 saturated carbocycles. The topological polar surface area (TPSA) is 71.5 Å². The van der Waals surface area contributed by atoms with Crippen LogP contribution >= 0.6 is 0 Å². The van der Waals surface area contributed by atoms with Crippen LogP contribution in [0.15, 0.2) is 36.5 Å². The van der Waals surface area contributed by atoms with Gasteiger partial charge in [-0.2, -0.15) is 0 Å². The van der Waals surface area contributed by atoms with Gasteiger partial charge in [-0.05, 0) is 31.9 Å². The minimum Gasteiger partial charge on any atom is -0.453 e. The zero-order chi connectivity index (χ0) is 17.9. The molecule has 1 aromatic rings. The molecule has 1 aliphatic heterocycles. The maximum atomic E-state index is 13.0. The molecule has 2 aliphatic rings. The van der Waals surface area contributed by atoms with E-state index in [9.17, 15) is 9.59 Å². The van der Waals surface area contributed by atoms with E-state index in [2.05, 4.69) is 10.3 Å². The van der Waals surface area contributed by atoms with E-state index in [1.165, 1.54) is 7.11 Å². The second-order valence-electron chi connectivity index (χ2n) is 6.95. The van der Waals surface area contributed by atoms with Crippen molar-refractivity contribution < 1.29 is 14.3 Å². The van der Waals surface area contributed by atoms with Gasteiger partial charge in [-0.3, -0.25) is 14.7 Å². The van der Waals surface area contributed by atoms with Crippen LogP contribution in [0.3, 0.4) is 0 Å². The fourth-order valence-corrected chi connectivity index (χ4v) is 3.98. The maximum Gasteiger partial charge on any atom is 0.411 e. The van der Waals surface area contributed by atoms with Crippen molar-refractivity contribution in [1.29, 1.82) is 0 Å². The van der Waals surface area contributed by atoms with Gasteiger partial charge >= 0.3 is 6.09 Å². The molecule has 3 rings (SSSR count). The largest absolute Gasteiger partial charge is 0.453 e. The van der Waals surface area contributed by atoms with Crippen molar-refractivity contribution in [3.8, 4) is 0 Å². The Hall–Kier alpha value is -2.37. The third kappa shape index (κ3) is 3.13. The highest BCUT2D eigenvalue weighted by atomic mass is 16.5. The summed E-state index contributed by atoms with van der Waals surface area (Å²) >= 11 is 0. The van der Waals surface area contributed by atoms with Crippen LogP contribution in [-0.4, -0.2) is 40.1 Å². The van der Waals surface area contributed by atoms with Crippen LogP contribution in [0.25, 0.3) is 0 Å². The van der Waals surface area contributed by atoms with Crippen molar-refractivity contribution in [2.45, 2.75) is 56.7 Å². The second-order valence-corrected chi connectivity index (χ2v) is 6.95. The van der Waals surface area contributed by atoms with Gasteiger partial charge in [-0.1, -0.05) is 37.5 Å². The van der Waals surface area contributed by atoms with Gasteiger partial charge in [0.05, 0.1) is 24.9 Å². The number of nitrogens with one attached hydrogen (secondary N) is 1. The predicted octanol–water partition coefficient (Wildman–Crippen LogP) is 2.80. The molecule has 0 bridgehead atoms. The summed E-state index contributed by atoms with van der Waals surface area (Å²) in [5, 5.41) is 2.91. The molecule has 1 spiro atoms. The Morgan fingerprint density at radius 2 is 2.00 bits per heavy atom. The first kappa shape index (κ1) is 17.5. The number of hydrogen-bond acceptors (Lipinski definition) is 4. The molecular weight excluding hydrogens is 318 g/mol. The molecule has 0 saturated heterocycles. The highest BCUT2D eigenvalue weighted by molar-refractivity contribution is 5.93. The van der Waals surface area contributed by atoms with Crippen molar-refractivity contribution in [3.05, 3.63) is 42.2 Å². The van der Waals surface area contributed by atoms with Crippen LogP contribution in [0.5, 0.6) is 0 Å². The highest BCUT2D eigenvalue weighted by Gasteiger charge is 2.55. The molecule has 1 N–H and O–H groups in total. The van der Waals surface area contributed by atoms with E-state index >= 15 is 0 Å². The summed E-state index contributed by atoms with van der Waals surface area (Å²) in [5.74, 6) is -0.220. The normalized spacial score (nSPS) is 24.3. The second kappa shape index (κ2) is 6.86. The molecule has 1 unspecified atom stereocenters. The minimum absolute atomic E-state index is 0.220. The van der Waals surface area contributed by atoms with Crippen LogP contribution in [-0.2, 0) is 16.1 Å². The molecule has 6 nitrogen and oxygen atoms in total. The van der Waals surface area contributed by atoms with Gasteiger partial charge in [0.25, 0.3) is 0 Å². The number of ether oxygens (including phenoxy) is 1. The fourth-order valence-electron chi connectivity index (χ4n) is 3.98. The van der Waals surface area contributed by atoms with Crippen LogP contribution in [0.1, 0.15) is 44.7 Å². The van der Waals surface area contributed by atoms with Crippen LogP contribution in [0.4, 0.5) is 4.79 Å². The molecule has 1 fully saturated rings. The van der Waals surface area contributed by atoms with Gasteiger partial charge < -0.3 is 10.1 Å².